The number of rotatable bonds is 5. The number of ether oxygens (including phenoxy) is 3. The Kier molecular flexibility index (Phi) is 4.30. The van der Waals surface area contributed by atoms with E-state index in [0.29, 0.717) is 23.7 Å². The maximum atomic E-state index is 11.4. The molecule has 0 aliphatic carbocycles. The summed E-state index contributed by atoms with van der Waals surface area (Å²) < 4.78 is 16.1. The van der Waals surface area contributed by atoms with Crippen LogP contribution in [0.2, 0.25) is 0 Å². The minimum atomic E-state index is -0.910. The molecule has 1 aromatic heterocycles. The molecule has 3 N–H and O–H groups in total. The molecule has 2 heterocycles. The smallest absolute Gasteiger partial charge is 0.321 e. The summed E-state index contributed by atoms with van der Waals surface area (Å²) in [6.07, 6.45) is 1.92. The molecule has 128 valence electrons. The second-order valence-corrected chi connectivity index (χ2v) is 5.42. The summed E-state index contributed by atoms with van der Waals surface area (Å²) in [5.74, 6) is 0.579. The Morgan fingerprint density at radius 1 is 1.21 bits per heavy atom. The number of carboxylic acids is 1. The Balaban J connectivity index is 2.09. The summed E-state index contributed by atoms with van der Waals surface area (Å²) >= 11 is 0. The standard InChI is InChI=1S/C16H19N3O5/c1-22-11-4-8(5-12(23-2)15(11)24-3)13-14-9(17-7-18-14)6-10(19-13)16(20)21/h4-5,7,10,13,19H,6H2,1-3H3,(H,17,18)(H,20,21)/t10-,13+/m1/s1. The SMILES string of the molecule is COc1cc([C@@H]2N[C@@H](C(=O)O)Cc3[nH]cnc32)cc(OC)c1OC. The molecule has 0 bridgehead atoms. The van der Waals surface area contributed by atoms with Crippen molar-refractivity contribution in [3.63, 3.8) is 0 Å². The molecule has 2 atom stereocenters. The van der Waals surface area contributed by atoms with Crippen molar-refractivity contribution in [2.24, 2.45) is 0 Å². The van der Waals surface area contributed by atoms with Crippen molar-refractivity contribution in [1.29, 1.82) is 0 Å². The first-order valence-electron chi connectivity index (χ1n) is 7.40. The van der Waals surface area contributed by atoms with Crippen LogP contribution < -0.4 is 19.5 Å². The van der Waals surface area contributed by atoms with Gasteiger partial charge in [0.25, 0.3) is 0 Å². The maximum Gasteiger partial charge on any atom is 0.321 e. The number of hydrogen-bond donors (Lipinski definition) is 3. The van der Waals surface area contributed by atoms with Crippen molar-refractivity contribution in [1.82, 2.24) is 15.3 Å². The van der Waals surface area contributed by atoms with Gasteiger partial charge in [-0.15, -0.1) is 0 Å². The van der Waals surface area contributed by atoms with E-state index in [2.05, 4.69) is 15.3 Å². The lowest BCUT2D eigenvalue weighted by Gasteiger charge is -2.29. The first-order chi connectivity index (χ1) is 11.6. The zero-order chi connectivity index (χ0) is 17.3. The van der Waals surface area contributed by atoms with E-state index >= 15 is 0 Å². The van der Waals surface area contributed by atoms with Crippen molar-refractivity contribution >= 4 is 5.97 Å². The van der Waals surface area contributed by atoms with Gasteiger partial charge >= 0.3 is 5.97 Å². The van der Waals surface area contributed by atoms with Crippen molar-refractivity contribution in [3.8, 4) is 17.2 Å². The van der Waals surface area contributed by atoms with Crippen LogP contribution in [0.15, 0.2) is 18.5 Å². The van der Waals surface area contributed by atoms with Gasteiger partial charge in [-0.1, -0.05) is 0 Å². The molecule has 0 fully saturated rings. The van der Waals surface area contributed by atoms with Gasteiger partial charge in [-0.05, 0) is 17.7 Å². The lowest BCUT2D eigenvalue weighted by molar-refractivity contribution is -0.139. The van der Waals surface area contributed by atoms with Crippen LogP contribution >= 0.6 is 0 Å². The van der Waals surface area contributed by atoms with Gasteiger partial charge in [0.15, 0.2) is 11.5 Å². The fourth-order valence-electron chi connectivity index (χ4n) is 2.97. The summed E-state index contributed by atoms with van der Waals surface area (Å²) in [5.41, 5.74) is 2.35. The number of hydrogen-bond acceptors (Lipinski definition) is 6. The van der Waals surface area contributed by atoms with E-state index in [4.69, 9.17) is 14.2 Å². The molecule has 2 aromatic rings. The third kappa shape index (κ3) is 2.65. The lowest BCUT2D eigenvalue weighted by atomic mass is 9.93. The van der Waals surface area contributed by atoms with Gasteiger partial charge < -0.3 is 24.3 Å². The number of aliphatic carboxylic acids is 1. The number of H-pyrrole nitrogens is 1. The van der Waals surface area contributed by atoms with Crippen molar-refractivity contribution < 1.29 is 24.1 Å². The number of aromatic amines is 1. The average molecular weight is 333 g/mol. The van der Waals surface area contributed by atoms with Gasteiger partial charge in [-0.3, -0.25) is 10.1 Å². The summed E-state index contributed by atoms with van der Waals surface area (Å²) in [4.78, 5) is 18.8. The molecule has 0 spiro atoms. The predicted molar refractivity (Wildman–Crippen MR) is 84.8 cm³/mol. The highest BCUT2D eigenvalue weighted by Crippen LogP contribution is 2.41. The second-order valence-electron chi connectivity index (χ2n) is 5.42. The Hall–Kier alpha value is -2.74. The first-order valence-corrected chi connectivity index (χ1v) is 7.40. The van der Waals surface area contributed by atoms with Gasteiger partial charge in [0.05, 0.1) is 39.4 Å². The van der Waals surface area contributed by atoms with Crippen molar-refractivity contribution in [2.45, 2.75) is 18.5 Å². The first kappa shape index (κ1) is 16.1. The number of carbonyl (C=O) groups is 1. The Bertz CT molecular complexity index is 733. The molecule has 1 aliphatic rings. The van der Waals surface area contributed by atoms with Crippen LogP contribution in [-0.2, 0) is 11.2 Å². The van der Waals surface area contributed by atoms with E-state index in [1.165, 1.54) is 21.3 Å². The van der Waals surface area contributed by atoms with Crippen LogP contribution in [0.5, 0.6) is 17.2 Å². The predicted octanol–water partition coefficient (Wildman–Crippen LogP) is 1.12. The molecule has 0 saturated carbocycles. The number of carboxylic acid groups (broad SMARTS) is 1. The van der Waals surface area contributed by atoms with Crippen LogP contribution in [0.25, 0.3) is 0 Å². The van der Waals surface area contributed by atoms with Gasteiger partial charge in [0.1, 0.15) is 6.04 Å². The van der Waals surface area contributed by atoms with Gasteiger partial charge in [0.2, 0.25) is 5.75 Å². The van der Waals surface area contributed by atoms with Gasteiger partial charge in [0, 0.05) is 12.1 Å². The molecule has 8 heteroatoms. The fourth-order valence-corrected chi connectivity index (χ4v) is 2.97. The Morgan fingerprint density at radius 3 is 2.42 bits per heavy atom. The molecular formula is C16H19N3O5. The molecule has 0 unspecified atom stereocenters. The summed E-state index contributed by atoms with van der Waals surface area (Å²) in [7, 11) is 4.61. The Labute approximate surface area is 138 Å². The molecule has 8 nitrogen and oxygen atoms in total. The van der Waals surface area contributed by atoms with E-state index in [1.807, 2.05) is 0 Å². The monoisotopic (exact) mass is 333 g/mol. The minimum Gasteiger partial charge on any atom is -0.493 e. The number of methoxy groups -OCH3 is 3. The zero-order valence-electron chi connectivity index (χ0n) is 13.6. The highest BCUT2D eigenvalue weighted by Gasteiger charge is 2.34. The quantitative estimate of drug-likeness (QED) is 0.753. The van der Waals surface area contributed by atoms with Gasteiger partial charge in [-0.25, -0.2) is 4.98 Å². The third-order valence-corrected chi connectivity index (χ3v) is 4.12. The molecule has 0 saturated heterocycles. The largest absolute Gasteiger partial charge is 0.493 e. The summed E-state index contributed by atoms with van der Waals surface area (Å²) in [5, 5.41) is 12.5. The van der Waals surface area contributed by atoms with Crippen LogP contribution in [0, 0.1) is 0 Å². The Morgan fingerprint density at radius 2 is 1.88 bits per heavy atom. The number of aromatic nitrogens is 2. The van der Waals surface area contributed by atoms with E-state index in [-0.39, 0.29) is 0 Å². The fraction of sp³-hybridized carbons (Fsp3) is 0.375. The minimum absolute atomic E-state index is 0.353. The molecule has 1 aromatic carbocycles. The summed E-state index contributed by atoms with van der Waals surface area (Å²) in [6.45, 7) is 0. The third-order valence-electron chi connectivity index (χ3n) is 4.12. The second kappa shape index (κ2) is 6.40. The average Bonchev–Trinajstić information content (AvgIpc) is 3.07. The van der Waals surface area contributed by atoms with Crippen LogP contribution in [0.1, 0.15) is 23.0 Å². The maximum absolute atomic E-state index is 11.4. The van der Waals surface area contributed by atoms with Crippen LogP contribution in [0.3, 0.4) is 0 Å². The van der Waals surface area contributed by atoms with Gasteiger partial charge in [-0.2, -0.15) is 0 Å². The molecule has 24 heavy (non-hydrogen) atoms. The van der Waals surface area contributed by atoms with E-state index in [1.54, 1.807) is 18.5 Å². The van der Waals surface area contributed by atoms with E-state index in [0.717, 1.165) is 17.0 Å². The number of fused-ring (bicyclic) bond motifs is 1. The molecular weight excluding hydrogens is 314 g/mol. The van der Waals surface area contributed by atoms with Crippen molar-refractivity contribution in [2.75, 3.05) is 21.3 Å². The molecule has 0 amide bonds. The van der Waals surface area contributed by atoms with Crippen LogP contribution in [0.4, 0.5) is 0 Å². The number of imidazole rings is 1. The van der Waals surface area contributed by atoms with Crippen molar-refractivity contribution in [3.05, 3.63) is 35.4 Å². The number of nitrogens with one attached hydrogen (secondary N) is 2. The molecule has 0 radical (unpaired) electrons. The van der Waals surface area contributed by atoms with Crippen LogP contribution in [-0.4, -0.2) is 48.4 Å². The molecule has 3 rings (SSSR count). The highest BCUT2D eigenvalue weighted by atomic mass is 16.5. The molecule has 1 aliphatic heterocycles. The summed E-state index contributed by atoms with van der Waals surface area (Å²) in [6, 6.07) is 2.49. The topological polar surface area (TPSA) is 106 Å². The van der Waals surface area contributed by atoms with E-state index < -0.39 is 18.1 Å². The highest BCUT2D eigenvalue weighted by molar-refractivity contribution is 5.74. The number of nitrogens with zero attached hydrogens (tertiary/aromatic N) is 1. The normalized spacial score (nSPS) is 19.5. The van der Waals surface area contributed by atoms with E-state index in [9.17, 15) is 9.90 Å². The number of benzene rings is 1. The lowest BCUT2D eigenvalue weighted by Crippen LogP contribution is -2.45. The zero-order valence-corrected chi connectivity index (χ0v) is 13.6.